The summed E-state index contributed by atoms with van der Waals surface area (Å²) in [5.41, 5.74) is 1.31. The average molecular weight is 395 g/mol. The van der Waals surface area contributed by atoms with E-state index in [1.54, 1.807) is 30.3 Å². The molecule has 0 radical (unpaired) electrons. The van der Waals surface area contributed by atoms with Gasteiger partial charge in [0, 0.05) is 23.2 Å². The first-order valence-electron chi connectivity index (χ1n) is 7.26. The molecule has 7 nitrogen and oxygen atoms in total. The molecule has 2 aliphatic rings. The molecular weight excluding hydrogens is 384 g/mol. The number of pyridine rings is 1. The lowest BCUT2D eigenvalue weighted by Crippen LogP contribution is -2.35. The Bertz CT molecular complexity index is 1010. The molecule has 25 heavy (non-hydrogen) atoms. The van der Waals surface area contributed by atoms with Crippen LogP contribution in [0.25, 0.3) is 0 Å². The van der Waals surface area contributed by atoms with Crippen LogP contribution in [0.5, 0.6) is 0 Å². The summed E-state index contributed by atoms with van der Waals surface area (Å²) in [6.45, 7) is 0.363. The molecule has 0 fully saturated rings. The Morgan fingerprint density at radius 1 is 1.28 bits per heavy atom. The predicted molar refractivity (Wildman–Crippen MR) is 98.1 cm³/mol. The third-order valence-corrected chi connectivity index (χ3v) is 6.23. The van der Waals surface area contributed by atoms with Gasteiger partial charge >= 0.3 is 0 Å². The summed E-state index contributed by atoms with van der Waals surface area (Å²) in [6, 6.07) is 8.46. The first-order valence-corrected chi connectivity index (χ1v) is 10.1. The summed E-state index contributed by atoms with van der Waals surface area (Å²) in [6.07, 6.45) is 1.45. The van der Waals surface area contributed by atoms with Crippen LogP contribution in [-0.4, -0.2) is 36.8 Å². The topological polar surface area (TPSA) is 91.7 Å². The standard InChI is InChI=1S/C15H11ClN4O3S2/c16-10-2-4-13(17-8-10)18-14(21)9-1-3-11-12(7-9)24-15-19-25(22,23)6-5-20(11)15/h1-4,7-8H,5-6H2,(H,17,18,21). The molecule has 128 valence electrons. The Labute approximate surface area is 153 Å². The molecule has 4 rings (SSSR count). The van der Waals surface area contributed by atoms with Crippen LogP contribution in [-0.2, 0) is 10.0 Å². The Balaban J connectivity index is 1.59. The first kappa shape index (κ1) is 16.4. The monoisotopic (exact) mass is 394 g/mol. The number of benzene rings is 1. The number of carbonyl (C=O) groups is 1. The molecule has 1 amide bonds. The number of nitrogens with one attached hydrogen (secondary N) is 1. The number of halogens is 1. The zero-order valence-electron chi connectivity index (χ0n) is 12.6. The van der Waals surface area contributed by atoms with Gasteiger partial charge in [-0.2, -0.15) is 0 Å². The number of fused-ring (bicyclic) bond motifs is 3. The number of thioether (sulfide) groups is 1. The van der Waals surface area contributed by atoms with Crippen LogP contribution in [0, 0.1) is 0 Å². The molecule has 0 saturated carbocycles. The zero-order chi connectivity index (χ0) is 17.6. The van der Waals surface area contributed by atoms with E-state index in [-0.39, 0.29) is 11.7 Å². The number of aromatic nitrogens is 1. The van der Waals surface area contributed by atoms with Crippen molar-refractivity contribution in [3.8, 4) is 0 Å². The van der Waals surface area contributed by atoms with E-state index in [1.165, 1.54) is 18.0 Å². The van der Waals surface area contributed by atoms with Crippen molar-refractivity contribution in [1.29, 1.82) is 0 Å². The quantitative estimate of drug-likeness (QED) is 0.841. The normalized spacial score (nSPS) is 17.5. The summed E-state index contributed by atoms with van der Waals surface area (Å²) in [4.78, 5) is 19.1. The van der Waals surface area contributed by atoms with Crippen LogP contribution in [0.4, 0.5) is 11.5 Å². The molecule has 1 aromatic carbocycles. The van der Waals surface area contributed by atoms with Crippen molar-refractivity contribution in [2.24, 2.45) is 4.40 Å². The van der Waals surface area contributed by atoms with Crippen LogP contribution in [0.1, 0.15) is 10.4 Å². The lowest BCUT2D eigenvalue weighted by Gasteiger charge is -2.22. The predicted octanol–water partition coefficient (Wildman–Crippen LogP) is 2.60. The van der Waals surface area contributed by atoms with E-state index in [0.29, 0.717) is 28.1 Å². The fourth-order valence-electron chi connectivity index (χ4n) is 2.51. The molecule has 1 aromatic heterocycles. The largest absolute Gasteiger partial charge is 0.318 e. The summed E-state index contributed by atoms with van der Waals surface area (Å²) in [7, 11) is -3.40. The lowest BCUT2D eigenvalue weighted by molar-refractivity contribution is 0.102. The summed E-state index contributed by atoms with van der Waals surface area (Å²) in [5.74, 6) is 0.0779. The van der Waals surface area contributed by atoms with Crippen molar-refractivity contribution in [1.82, 2.24) is 4.98 Å². The van der Waals surface area contributed by atoms with Gasteiger partial charge in [0.15, 0.2) is 5.17 Å². The van der Waals surface area contributed by atoms with E-state index in [2.05, 4.69) is 14.7 Å². The van der Waals surface area contributed by atoms with Crippen molar-refractivity contribution in [3.63, 3.8) is 0 Å². The van der Waals surface area contributed by atoms with Gasteiger partial charge in [0.05, 0.1) is 16.5 Å². The third kappa shape index (κ3) is 3.22. The highest BCUT2D eigenvalue weighted by Gasteiger charge is 2.33. The minimum Gasteiger partial charge on any atom is -0.318 e. The maximum atomic E-state index is 12.4. The highest BCUT2D eigenvalue weighted by molar-refractivity contribution is 8.15. The molecule has 0 bridgehead atoms. The summed E-state index contributed by atoms with van der Waals surface area (Å²) >= 11 is 7.02. The maximum Gasteiger partial charge on any atom is 0.257 e. The Hall–Kier alpha value is -2.10. The molecule has 0 aliphatic carbocycles. The minimum atomic E-state index is -3.40. The van der Waals surface area contributed by atoms with Crippen LogP contribution < -0.4 is 10.2 Å². The number of anilines is 2. The third-order valence-electron chi connectivity index (χ3n) is 3.70. The highest BCUT2D eigenvalue weighted by Crippen LogP contribution is 2.42. The number of nitrogens with zero attached hydrogens (tertiary/aromatic N) is 3. The van der Waals surface area contributed by atoms with Crippen LogP contribution in [0.3, 0.4) is 0 Å². The molecule has 1 N–H and O–H groups in total. The molecule has 0 unspecified atom stereocenters. The zero-order valence-corrected chi connectivity index (χ0v) is 15.0. The van der Waals surface area contributed by atoms with Crippen molar-refractivity contribution in [2.75, 3.05) is 22.5 Å². The highest BCUT2D eigenvalue weighted by atomic mass is 35.5. The van der Waals surface area contributed by atoms with Gasteiger partial charge in [0.25, 0.3) is 15.9 Å². The molecule has 0 atom stereocenters. The number of sulfonamides is 1. The van der Waals surface area contributed by atoms with Crippen molar-refractivity contribution < 1.29 is 13.2 Å². The Morgan fingerprint density at radius 3 is 2.88 bits per heavy atom. The number of carbonyl (C=O) groups excluding carboxylic acids is 1. The summed E-state index contributed by atoms with van der Waals surface area (Å²) < 4.78 is 27.1. The molecule has 10 heteroatoms. The minimum absolute atomic E-state index is 0.0129. The van der Waals surface area contributed by atoms with Crippen LogP contribution in [0.15, 0.2) is 45.8 Å². The number of hydrogen-bond acceptors (Lipinski definition) is 6. The van der Waals surface area contributed by atoms with Gasteiger partial charge < -0.3 is 10.2 Å². The van der Waals surface area contributed by atoms with Gasteiger partial charge in [-0.15, -0.1) is 4.40 Å². The first-order chi connectivity index (χ1) is 11.9. The van der Waals surface area contributed by atoms with E-state index in [4.69, 9.17) is 11.6 Å². The van der Waals surface area contributed by atoms with E-state index in [9.17, 15) is 13.2 Å². The van der Waals surface area contributed by atoms with Crippen molar-refractivity contribution in [3.05, 3.63) is 47.1 Å². The summed E-state index contributed by atoms with van der Waals surface area (Å²) in [5, 5.41) is 3.61. The smallest absolute Gasteiger partial charge is 0.257 e. The van der Waals surface area contributed by atoms with E-state index >= 15 is 0 Å². The Kier molecular flexibility index (Phi) is 3.94. The molecule has 3 heterocycles. The second-order valence-corrected chi connectivity index (χ2v) is 8.61. The average Bonchev–Trinajstić information content (AvgIpc) is 2.91. The molecular formula is C15H11ClN4O3S2. The number of amidine groups is 1. The molecule has 2 aromatic rings. The van der Waals surface area contributed by atoms with Crippen LogP contribution in [0.2, 0.25) is 5.02 Å². The second-order valence-electron chi connectivity index (χ2n) is 5.41. The van der Waals surface area contributed by atoms with E-state index in [0.717, 1.165) is 10.6 Å². The molecule has 0 saturated heterocycles. The maximum absolute atomic E-state index is 12.4. The SMILES string of the molecule is O=C(Nc1ccc(Cl)cn1)c1ccc2c(c1)SC1=NS(=O)(=O)CCN12. The van der Waals surface area contributed by atoms with Crippen LogP contribution >= 0.6 is 23.4 Å². The van der Waals surface area contributed by atoms with E-state index in [1.807, 2.05) is 4.90 Å². The number of amides is 1. The van der Waals surface area contributed by atoms with Gasteiger partial charge in [0.1, 0.15) is 5.82 Å². The second kappa shape index (κ2) is 6.01. The number of hydrogen-bond donors (Lipinski definition) is 1. The van der Waals surface area contributed by atoms with Gasteiger partial charge in [0.2, 0.25) is 0 Å². The Morgan fingerprint density at radius 2 is 2.12 bits per heavy atom. The molecule has 2 aliphatic heterocycles. The fourth-order valence-corrected chi connectivity index (χ4v) is 4.92. The fraction of sp³-hybridized carbons (Fsp3) is 0.133. The molecule has 0 spiro atoms. The van der Waals surface area contributed by atoms with Gasteiger partial charge in [-0.25, -0.2) is 13.4 Å². The van der Waals surface area contributed by atoms with Gasteiger partial charge in [-0.3, -0.25) is 4.79 Å². The van der Waals surface area contributed by atoms with Crippen molar-refractivity contribution in [2.45, 2.75) is 4.90 Å². The van der Waals surface area contributed by atoms with Crippen molar-refractivity contribution >= 4 is 56.0 Å². The number of rotatable bonds is 2. The van der Waals surface area contributed by atoms with Gasteiger partial charge in [-0.1, -0.05) is 11.6 Å². The lowest BCUT2D eigenvalue weighted by atomic mass is 10.2. The van der Waals surface area contributed by atoms with Gasteiger partial charge in [-0.05, 0) is 42.1 Å². The van der Waals surface area contributed by atoms with E-state index < -0.39 is 10.0 Å².